The van der Waals surface area contributed by atoms with E-state index in [0.29, 0.717) is 0 Å². The van der Waals surface area contributed by atoms with Crippen molar-refractivity contribution in [1.82, 2.24) is 4.40 Å². The number of para-hydroxylation sites is 3. The predicted molar refractivity (Wildman–Crippen MR) is 250 cm³/mol. The van der Waals surface area contributed by atoms with Crippen molar-refractivity contribution < 1.29 is 4.42 Å². The first-order chi connectivity index (χ1) is 28.2. The molecule has 0 atom stereocenters. The summed E-state index contributed by atoms with van der Waals surface area (Å²) in [4.78, 5) is 0. The Morgan fingerprint density at radius 2 is 1.00 bits per heavy atom. The molecule has 10 aromatic carbocycles. The second-order valence-corrected chi connectivity index (χ2v) is 16.4. The molecule has 0 aliphatic heterocycles. The van der Waals surface area contributed by atoms with Gasteiger partial charge in [-0.05, 0) is 120 Å². The van der Waals surface area contributed by atoms with E-state index in [1.807, 2.05) is 0 Å². The van der Waals surface area contributed by atoms with Crippen LogP contribution in [-0.4, -0.2) is 4.40 Å². The molecule has 2 nitrogen and oxygen atoms in total. The van der Waals surface area contributed by atoms with Gasteiger partial charge in [-0.1, -0.05) is 133 Å². The molecular weight excluding hydrogens is 806 g/mol. The number of hydrogen-bond acceptors (Lipinski definition) is 1. The first-order valence-electron chi connectivity index (χ1n) is 19.4. The first-order valence-corrected chi connectivity index (χ1v) is 20.5. The van der Waals surface area contributed by atoms with Crippen LogP contribution in [0.3, 0.4) is 0 Å². The minimum atomic E-state index is 0.909. The Labute approximate surface area is 340 Å². The van der Waals surface area contributed by atoms with E-state index in [1.165, 1.54) is 102 Å². The van der Waals surface area contributed by atoms with E-state index < -0.39 is 0 Å². The van der Waals surface area contributed by atoms with Crippen molar-refractivity contribution in [2.75, 3.05) is 0 Å². The Kier molecular flexibility index (Phi) is 6.45. The van der Waals surface area contributed by atoms with Gasteiger partial charge in [-0.3, -0.25) is 0 Å². The quantitative estimate of drug-likeness (QED) is 0.128. The summed E-state index contributed by atoms with van der Waals surface area (Å²) in [6.07, 6.45) is 0. The summed E-state index contributed by atoms with van der Waals surface area (Å²) in [5, 5.41) is 14.9. The van der Waals surface area contributed by atoms with Crippen LogP contribution >= 0.6 is 22.6 Å². The lowest BCUT2D eigenvalue weighted by Gasteiger charge is -2.15. The van der Waals surface area contributed by atoms with Crippen molar-refractivity contribution >= 4 is 115 Å². The SMILES string of the molecule is Ic1c(-c2ccccc2)c2ccc3oc4c(-c5ccc6cc(-c7cc8c9ccccc9n9c%10ccccc%10c(c7)c89)ccc6c5)cccc4c3c2c2ccccc12. The molecule has 0 spiro atoms. The van der Waals surface area contributed by atoms with Crippen molar-refractivity contribution in [3.63, 3.8) is 0 Å². The molecule has 0 fully saturated rings. The van der Waals surface area contributed by atoms with Crippen molar-refractivity contribution in [2.45, 2.75) is 0 Å². The zero-order chi connectivity index (χ0) is 37.4. The van der Waals surface area contributed by atoms with Gasteiger partial charge in [-0.25, -0.2) is 0 Å². The summed E-state index contributed by atoms with van der Waals surface area (Å²) >= 11 is 2.54. The molecular formula is C54H30INO. The van der Waals surface area contributed by atoms with Gasteiger partial charge in [-0.15, -0.1) is 0 Å². The van der Waals surface area contributed by atoms with Crippen molar-refractivity contribution in [3.05, 3.63) is 186 Å². The van der Waals surface area contributed by atoms with E-state index in [4.69, 9.17) is 4.42 Å². The molecule has 13 aromatic rings. The molecule has 0 N–H and O–H groups in total. The lowest BCUT2D eigenvalue weighted by Crippen LogP contribution is -1.90. The average molecular weight is 836 g/mol. The number of furan rings is 1. The molecule has 0 saturated heterocycles. The lowest BCUT2D eigenvalue weighted by atomic mass is 9.90. The summed E-state index contributed by atoms with van der Waals surface area (Å²) in [5.41, 5.74) is 12.9. The molecule has 3 heterocycles. The van der Waals surface area contributed by atoms with Crippen LogP contribution in [0, 0.1) is 3.57 Å². The molecule has 0 aliphatic carbocycles. The van der Waals surface area contributed by atoms with Crippen LogP contribution in [0.2, 0.25) is 0 Å². The van der Waals surface area contributed by atoms with Crippen LogP contribution in [0.25, 0.3) is 126 Å². The van der Waals surface area contributed by atoms with Crippen molar-refractivity contribution in [3.8, 4) is 33.4 Å². The molecule has 264 valence electrons. The van der Waals surface area contributed by atoms with Crippen molar-refractivity contribution in [2.24, 2.45) is 0 Å². The van der Waals surface area contributed by atoms with Crippen LogP contribution in [0.5, 0.6) is 0 Å². The Hall–Kier alpha value is -6.69. The number of fused-ring (bicyclic) bond motifs is 14. The monoisotopic (exact) mass is 835 g/mol. The Morgan fingerprint density at radius 3 is 1.74 bits per heavy atom. The number of rotatable bonds is 3. The van der Waals surface area contributed by atoms with Crippen molar-refractivity contribution in [1.29, 1.82) is 0 Å². The topological polar surface area (TPSA) is 17.6 Å². The highest BCUT2D eigenvalue weighted by atomic mass is 127. The Bertz CT molecular complexity index is 3730. The Balaban J connectivity index is 0.980. The summed E-state index contributed by atoms with van der Waals surface area (Å²) in [6.45, 7) is 0. The van der Waals surface area contributed by atoms with E-state index in [2.05, 4.69) is 209 Å². The average Bonchev–Trinajstić information content (AvgIpc) is 3.93. The van der Waals surface area contributed by atoms with Crippen LogP contribution < -0.4 is 0 Å². The van der Waals surface area contributed by atoms with Gasteiger partial charge in [0.2, 0.25) is 0 Å². The second kappa shape index (κ2) is 11.7. The molecule has 13 rings (SSSR count). The summed E-state index contributed by atoms with van der Waals surface area (Å²) in [6, 6.07) is 66.7. The molecule has 0 unspecified atom stereocenters. The smallest absolute Gasteiger partial charge is 0.143 e. The van der Waals surface area contributed by atoms with Gasteiger partial charge in [-0.2, -0.15) is 0 Å². The molecule has 57 heavy (non-hydrogen) atoms. The molecule has 0 aliphatic rings. The van der Waals surface area contributed by atoms with Gasteiger partial charge in [0.05, 0.1) is 16.6 Å². The summed E-state index contributed by atoms with van der Waals surface area (Å²) in [7, 11) is 0. The van der Waals surface area contributed by atoms with Gasteiger partial charge in [0.15, 0.2) is 0 Å². The molecule has 0 radical (unpaired) electrons. The zero-order valence-electron chi connectivity index (χ0n) is 30.6. The number of aromatic nitrogens is 1. The van der Waals surface area contributed by atoms with Crippen LogP contribution in [0.1, 0.15) is 0 Å². The standard InChI is InChI=1S/C54H30INO/c55-52-41-16-5-4-15-40(41)50-42(49(52)31-11-2-1-3-12-31)25-26-48-51(50)43-18-10-17-37(54(43)57-48)35-24-23-32-27-34(22-21-33(32)28-35)36-29-44-38-13-6-8-19-46(38)56-47-20-9-7-14-39(47)45(30-36)53(44)56/h1-30H. The van der Waals surface area contributed by atoms with Crippen LogP contribution in [0.15, 0.2) is 186 Å². The largest absolute Gasteiger partial charge is 0.455 e. The maximum Gasteiger partial charge on any atom is 0.143 e. The fraction of sp³-hybridized carbons (Fsp3) is 0. The zero-order valence-corrected chi connectivity index (χ0v) is 32.7. The van der Waals surface area contributed by atoms with Crippen LogP contribution in [-0.2, 0) is 0 Å². The molecule has 3 heteroatoms. The fourth-order valence-electron chi connectivity index (χ4n) is 9.85. The minimum absolute atomic E-state index is 0.909. The highest BCUT2D eigenvalue weighted by molar-refractivity contribution is 14.1. The van der Waals surface area contributed by atoms with Gasteiger partial charge >= 0.3 is 0 Å². The molecule has 3 aromatic heterocycles. The van der Waals surface area contributed by atoms with Gasteiger partial charge < -0.3 is 8.82 Å². The minimum Gasteiger partial charge on any atom is -0.455 e. The summed E-state index contributed by atoms with van der Waals surface area (Å²) < 4.78 is 10.6. The number of nitrogens with zero attached hydrogens (tertiary/aromatic N) is 1. The second-order valence-electron chi connectivity index (χ2n) is 15.3. The van der Waals surface area contributed by atoms with Gasteiger partial charge in [0.25, 0.3) is 0 Å². The van der Waals surface area contributed by atoms with E-state index in [-0.39, 0.29) is 0 Å². The molecule has 0 saturated carbocycles. The fourth-order valence-corrected chi connectivity index (χ4v) is 10.9. The van der Waals surface area contributed by atoms with E-state index >= 15 is 0 Å². The first kappa shape index (κ1) is 31.5. The maximum atomic E-state index is 6.87. The van der Waals surface area contributed by atoms with E-state index in [1.54, 1.807) is 0 Å². The maximum absolute atomic E-state index is 6.87. The highest BCUT2D eigenvalue weighted by Crippen LogP contribution is 2.47. The number of benzene rings is 10. The van der Waals surface area contributed by atoms with Crippen LogP contribution in [0.4, 0.5) is 0 Å². The lowest BCUT2D eigenvalue weighted by molar-refractivity contribution is 0.670. The third-order valence-electron chi connectivity index (χ3n) is 12.3. The van der Waals surface area contributed by atoms with Gasteiger partial charge in [0.1, 0.15) is 11.2 Å². The molecule has 0 bridgehead atoms. The van der Waals surface area contributed by atoms with E-state index in [9.17, 15) is 0 Å². The predicted octanol–water partition coefficient (Wildman–Crippen LogP) is 15.8. The van der Waals surface area contributed by atoms with E-state index in [0.717, 1.165) is 27.7 Å². The molecule has 0 amide bonds. The highest BCUT2D eigenvalue weighted by Gasteiger charge is 2.22. The number of halogens is 1. The Morgan fingerprint density at radius 1 is 0.386 bits per heavy atom. The summed E-state index contributed by atoms with van der Waals surface area (Å²) in [5.74, 6) is 0. The normalized spacial score (nSPS) is 12.3. The van der Waals surface area contributed by atoms with Gasteiger partial charge in [0, 0.05) is 52.4 Å². The third kappa shape index (κ3) is 4.35. The number of hydrogen-bond donors (Lipinski definition) is 0. The third-order valence-corrected chi connectivity index (χ3v) is 13.5.